The minimum atomic E-state index is -5.32. The SMILES string of the molecule is CC(C)(C)OC(=O)n1ccn(-c2cc(C(F)(F)F)cc(C(F)(F)F)c2O)c1=O. The summed E-state index contributed by atoms with van der Waals surface area (Å²) in [5, 5.41) is 9.85. The molecule has 1 heterocycles. The maximum Gasteiger partial charge on any atom is 0.422 e. The molecule has 0 amide bonds. The van der Waals surface area contributed by atoms with Crippen molar-refractivity contribution in [2.24, 2.45) is 0 Å². The Bertz CT molecular complexity index is 963. The fraction of sp³-hybridized carbons (Fsp3) is 0.375. The van der Waals surface area contributed by atoms with Crippen LogP contribution in [0, 0.1) is 0 Å². The molecule has 0 saturated carbocycles. The molecular formula is C16H14F6N2O4. The third kappa shape index (κ3) is 4.31. The molecule has 0 unspecified atom stereocenters. The summed E-state index contributed by atoms with van der Waals surface area (Å²) in [4.78, 5) is 24.3. The molecule has 0 aliphatic carbocycles. The number of phenols is 1. The first kappa shape index (κ1) is 21.4. The highest BCUT2D eigenvalue weighted by atomic mass is 19.4. The molecule has 0 fully saturated rings. The van der Waals surface area contributed by atoms with Crippen LogP contribution in [-0.2, 0) is 17.1 Å². The Hall–Kier alpha value is -2.92. The molecule has 2 rings (SSSR count). The van der Waals surface area contributed by atoms with Gasteiger partial charge in [0.15, 0.2) is 5.75 Å². The lowest BCUT2D eigenvalue weighted by Gasteiger charge is -2.19. The van der Waals surface area contributed by atoms with Gasteiger partial charge in [-0.3, -0.25) is 4.57 Å². The predicted molar refractivity (Wildman–Crippen MR) is 83.3 cm³/mol. The first-order valence-corrected chi connectivity index (χ1v) is 7.57. The summed E-state index contributed by atoms with van der Waals surface area (Å²) in [7, 11) is 0. The highest BCUT2D eigenvalue weighted by Crippen LogP contribution is 2.42. The molecule has 1 aromatic heterocycles. The Morgan fingerprint density at radius 1 is 1.00 bits per heavy atom. The fourth-order valence-electron chi connectivity index (χ4n) is 2.19. The van der Waals surface area contributed by atoms with Crippen LogP contribution in [0.3, 0.4) is 0 Å². The number of imidazole rings is 1. The van der Waals surface area contributed by atoms with Gasteiger partial charge in [0, 0.05) is 12.4 Å². The number of aromatic nitrogens is 2. The van der Waals surface area contributed by atoms with Crippen molar-refractivity contribution in [2.75, 3.05) is 0 Å². The topological polar surface area (TPSA) is 73.5 Å². The maximum absolute atomic E-state index is 13.0. The highest BCUT2D eigenvalue weighted by Gasteiger charge is 2.40. The van der Waals surface area contributed by atoms with E-state index in [0.29, 0.717) is 4.57 Å². The molecule has 0 spiro atoms. The van der Waals surface area contributed by atoms with Crippen molar-refractivity contribution in [2.45, 2.75) is 38.7 Å². The van der Waals surface area contributed by atoms with Crippen LogP contribution in [0.25, 0.3) is 5.69 Å². The van der Waals surface area contributed by atoms with Crippen molar-refractivity contribution < 1.29 is 41.0 Å². The van der Waals surface area contributed by atoms with Gasteiger partial charge in [0.2, 0.25) is 0 Å². The van der Waals surface area contributed by atoms with Crippen molar-refractivity contribution in [3.05, 3.63) is 46.1 Å². The second-order valence-electron chi connectivity index (χ2n) is 6.69. The lowest BCUT2D eigenvalue weighted by molar-refractivity contribution is -0.143. The molecule has 1 aromatic carbocycles. The first-order valence-electron chi connectivity index (χ1n) is 7.57. The van der Waals surface area contributed by atoms with E-state index in [0.717, 1.165) is 12.4 Å². The van der Waals surface area contributed by atoms with Crippen LogP contribution in [0.15, 0.2) is 29.3 Å². The van der Waals surface area contributed by atoms with E-state index < -0.39 is 52.3 Å². The molecule has 1 N–H and O–H groups in total. The molecular weight excluding hydrogens is 398 g/mol. The quantitative estimate of drug-likeness (QED) is 0.714. The zero-order valence-corrected chi connectivity index (χ0v) is 14.6. The molecule has 0 saturated heterocycles. The smallest absolute Gasteiger partial charge is 0.422 e. The Kier molecular flexibility index (Phi) is 5.04. The average Bonchev–Trinajstić information content (AvgIpc) is 2.85. The number of carbonyl (C=O) groups is 1. The Morgan fingerprint density at radius 2 is 1.57 bits per heavy atom. The van der Waals surface area contributed by atoms with Crippen molar-refractivity contribution in [1.29, 1.82) is 0 Å². The number of phenolic OH excluding ortho intramolecular Hbond substituents is 1. The van der Waals surface area contributed by atoms with Gasteiger partial charge >= 0.3 is 24.1 Å². The molecule has 6 nitrogen and oxygen atoms in total. The van der Waals surface area contributed by atoms with Gasteiger partial charge in [-0.2, -0.15) is 26.3 Å². The van der Waals surface area contributed by atoms with E-state index in [1.807, 2.05) is 0 Å². The largest absolute Gasteiger partial charge is 0.505 e. The van der Waals surface area contributed by atoms with E-state index in [2.05, 4.69) is 0 Å². The summed E-state index contributed by atoms with van der Waals surface area (Å²) in [6.07, 6.45) is -10.2. The van der Waals surface area contributed by atoms with Crippen LogP contribution < -0.4 is 5.69 Å². The summed E-state index contributed by atoms with van der Waals surface area (Å²) in [5.41, 5.74) is -7.13. The summed E-state index contributed by atoms with van der Waals surface area (Å²) >= 11 is 0. The number of carbonyl (C=O) groups excluding carboxylic acids is 1. The Balaban J connectivity index is 2.69. The number of aromatic hydroxyl groups is 1. The van der Waals surface area contributed by atoms with Crippen molar-refractivity contribution in [1.82, 2.24) is 9.13 Å². The third-order valence-corrected chi connectivity index (χ3v) is 3.35. The standard InChI is InChI=1S/C16H14F6N2O4/c1-14(2,3)28-13(27)24-5-4-23(12(24)26)10-7-8(15(17,18)19)6-9(11(10)25)16(20,21)22/h4-7,25H,1-3H3. The number of rotatable bonds is 1. The molecule has 0 atom stereocenters. The van der Waals surface area contributed by atoms with Crippen LogP contribution in [0.4, 0.5) is 31.1 Å². The molecule has 28 heavy (non-hydrogen) atoms. The minimum Gasteiger partial charge on any atom is -0.505 e. The van der Waals surface area contributed by atoms with Gasteiger partial charge in [0.1, 0.15) is 11.2 Å². The van der Waals surface area contributed by atoms with Crippen LogP contribution in [0.5, 0.6) is 5.75 Å². The van der Waals surface area contributed by atoms with Gasteiger partial charge in [0.05, 0.1) is 11.3 Å². The number of hydrogen-bond acceptors (Lipinski definition) is 4. The normalized spacial score (nSPS) is 12.9. The Labute approximate surface area is 153 Å². The molecule has 0 aliphatic rings. The van der Waals surface area contributed by atoms with Crippen LogP contribution in [-0.4, -0.2) is 25.9 Å². The van der Waals surface area contributed by atoms with Gasteiger partial charge in [-0.1, -0.05) is 0 Å². The number of ether oxygens (including phenoxy) is 1. The van der Waals surface area contributed by atoms with E-state index in [1.54, 1.807) is 0 Å². The van der Waals surface area contributed by atoms with Gasteiger partial charge < -0.3 is 9.84 Å². The van der Waals surface area contributed by atoms with E-state index in [4.69, 9.17) is 4.74 Å². The summed E-state index contributed by atoms with van der Waals surface area (Å²) in [6.45, 7) is 4.46. The van der Waals surface area contributed by atoms with E-state index in [1.165, 1.54) is 20.8 Å². The molecule has 0 bridgehead atoms. The number of halogens is 6. The highest BCUT2D eigenvalue weighted by molar-refractivity contribution is 5.70. The minimum absolute atomic E-state index is 0.172. The fourth-order valence-corrected chi connectivity index (χ4v) is 2.19. The molecule has 154 valence electrons. The lowest BCUT2D eigenvalue weighted by Crippen LogP contribution is -2.34. The number of nitrogens with zero attached hydrogens (tertiary/aromatic N) is 2. The molecule has 0 radical (unpaired) electrons. The van der Waals surface area contributed by atoms with Gasteiger partial charge in [-0.25, -0.2) is 14.2 Å². The van der Waals surface area contributed by atoms with E-state index in [9.17, 15) is 41.0 Å². The van der Waals surface area contributed by atoms with E-state index in [-0.39, 0.29) is 16.7 Å². The zero-order chi connectivity index (χ0) is 21.7. The second kappa shape index (κ2) is 6.60. The second-order valence-corrected chi connectivity index (χ2v) is 6.69. The molecule has 12 heteroatoms. The maximum atomic E-state index is 13.0. The van der Waals surface area contributed by atoms with E-state index >= 15 is 0 Å². The predicted octanol–water partition coefficient (Wildman–Crippen LogP) is 4.17. The van der Waals surface area contributed by atoms with Gasteiger partial charge in [0.25, 0.3) is 0 Å². The van der Waals surface area contributed by atoms with Gasteiger partial charge in [-0.15, -0.1) is 0 Å². The van der Waals surface area contributed by atoms with Crippen molar-refractivity contribution >= 4 is 6.09 Å². The number of alkyl halides is 6. The Morgan fingerprint density at radius 3 is 2.04 bits per heavy atom. The average molecular weight is 412 g/mol. The van der Waals surface area contributed by atoms with Crippen LogP contribution >= 0.6 is 0 Å². The number of hydrogen-bond donors (Lipinski definition) is 1. The molecule has 2 aromatic rings. The zero-order valence-electron chi connectivity index (χ0n) is 14.6. The van der Waals surface area contributed by atoms with Crippen LogP contribution in [0.1, 0.15) is 31.9 Å². The monoisotopic (exact) mass is 412 g/mol. The first-order chi connectivity index (χ1) is 12.5. The van der Waals surface area contributed by atoms with Crippen molar-refractivity contribution in [3.63, 3.8) is 0 Å². The van der Waals surface area contributed by atoms with Gasteiger partial charge in [-0.05, 0) is 32.9 Å². The van der Waals surface area contributed by atoms with Crippen molar-refractivity contribution in [3.8, 4) is 11.4 Å². The summed E-state index contributed by atoms with van der Waals surface area (Å²) < 4.78 is 83.6. The summed E-state index contributed by atoms with van der Waals surface area (Å²) in [5.74, 6) is -1.59. The van der Waals surface area contributed by atoms with Crippen LogP contribution in [0.2, 0.25) is 0 Å². The molecule has 0 aliphatic heterocycles. The summed E-state index contributed by atoms with van der Waals surface area (Å²) in [6, 6.07) is -0.0971. The lowest BCUT2D eigenvalue weighted by atomic mass is 10.1. The third-order valence-electron chi connectivity index (χ3n) is 3.35. The number of benzene rings is 1.